The Labute approximate surface area is 181 Å². The SMILES string of the molecule is COCC(=NOCCOc1cccc(CC(=O)O)c1)c1ccc(-c2ccccc2)cc1. The van der Waals surface area contributed by atoms with Gasteiger partial charge in [0.15, 0.2) is 6.61 Å². The summed E-state index contributed by atoms with van der Waals surface area (Å²) in [6, 6.07) is 25.2. The van der Waals surface area contributed by atoms with Gasteiger partial charge in [-0.3, -0.25) is 4.79 Å². The Hall–Kier alpha value is -3.64. The van der Waals surface area contributed by atoms with Gasteiger partial charge < -0.3 is 19.4 Å². The van der Waals surface area contributed by atoms with E-state index in [0.29, 0.717) is 23.6 Å². The molecule has 31 heavy (non-hydrogen) atoms. The van der Waals surface area contributed by atoms with Crippen LogP contribution in [0.3, 0.4) is 0 Å². The van der Waals surface area contributed by atoms with Gasteiger partial charge in [-0.1, -0.05) is 71.9 Å². The molecule has 0 atom stereocenters. The van der Waals surface area contributed by atoms with Crippen molar-refractivity contribution in [1.29, 1.82) is 0 Å². The number of methoxy groups -OCH3 is 1. The van der Waals surface area contributed by atoms with E-state index in [9.17, 15) is 4.79 Å². The number of carbonyl (C=O) groups is 1. The number of rotatable bonds is 11. The molecule has 0 aliphatic carbocycles. The van der Waals surface area contributed by atoms with Crippen molar-refractivity contribution in [3.63, 3.8) is 0 Å². The van der Waals surface area contributed by atoms with Gasteiger partial charge in [0.25, 0.3) is 0 Å². The van der Waals surface area contributed by atoms with Gasteiger partial charge in [-0.15, -0.1) is 0 Å². The van der Waals surface area contributed by atoms with Gasteiger partial charge >= 0.3 is 5.97 Å². The van der Waals surface area contributed by atoms with E-state index in [1.54, 1.807) is 31.4 Å². The zero-order chi connectivity index (χ0) is 21.9. The Bertz CT molecular complexity index is 1000. The molecule has 0 unspecified atom stereocenters. The van der Waals surface area contributed by atoms with Crippen LogP contribution in [0.4, 0.5) is 0 Å². The quantitative estimate of drug-likeness (QED) is 0.283. The molecule has 3 rings (SSSR count). The first kappa shape index (κ1) is 22.1. The molecule has 0 aliphatic heterocycles. The molecule has 0 bridgehead atoms. The lowest BCUT2D eigenvalue weighted by atomic mass is 10.0. The van der Waals surface area contributed by atoms with Gasteiger partial charge in [0.05, 0.1) is 13.0 Å². The lowest BCUT2D eigenvalue weighted by Crippen LogP contribution is -2.11. The Kier molecular flexibility index (Phi) is 8.20. The first-order valence-electron chi connectivity index (χ1n) is 9.93. The third kappa shape index (κ3) is 6.97. The number of hydrogen-bond donors (Lipinski definition) is 1. The van der Waals surface area contributed by atoms with E-state index in [1.807, 2.05) is 42.5 Å². The Balaban J connectivity index is 1.55. The van der Waals surface area contributed by atoms with Crippen molar-refractivity contribution in [2.75, 3.05) is 26.9 Å². The smallest absolute Gasteiger partial charge is 0.307 e. The predicted molar refractivity (Wildman–Crippen MR) is 120 cm³/mol. The molecule has 0 fully saturated rings. The summed E-state index contributed by atoms with van der Waals surface area (Å²) in [6.07, 6.45) is -0.0402. The lowest BCUT2D eigenvalue weighted by Gasteiger charge is -2.09. The van der Waals surface area contributed by atoms with E-state index >= 15 is 0 Å². The summed E-state index contributed by atoms with van der Waals surface area (Å²) in [5.74, 6) is -0.280. The average molecular weight is 419 g/mol. The normalized spacial score (nSPS) is 11.2. The van der Waals surface area contributed by atoms with Crippen LogP contribution in [0.5, 0.6) is 5.75 Å². The van der Waals surface area contributed by atoms with E-state index in [1.165, 1.54) is 0 Å². The number of carboxylic acid groups (broad SMARTS) is 1. The molecule has 0 aliphatic rings. The van der Waals surface area contributed by atoms with E-state index in [4.69, 9.17) is 19.4 Å². The van der Waals surface area contributed by atoms with Crippen LogP contribution in [-0.2, 0) is 20.8 Å². The van der Waals surface area contributed by atoms with E-state index in [2.05, 4.69) is 17.3 Å². The zero-order valence-corrected chi connectivity index (χ0v) is 17.4. The number of nitrogens with zero attached hydrogens (tertiary/aromatic N) is 1. The summed E-state index contributed by atoms with van der Waals surface area (Å²) in [5, 5.41) is 13.1. The van der Waals surface area contributed by atoms with Crippen LogP contribution in [0.15, 0.2) is 84.0 Å². The summed E-state index contributed by atoms with van der Waals surface area (Å²) in [7, 11) is 1.61. The summed E-state index contributed by atoms with van der Waals surface area (Å²) in [4.78, 5) is 16.2. The standard InChI is InChI=1S/C25H25NO5/c1-29-18-24(22-12-10-21(11-13-22)20-7-3-2-4-8-20)26-31-15-14-30-23-9-5-6-19(16-23)17-25(27)28/h2-13,16H,14-15,17-18H2,1H3,(H,27,28). The minimum absolute atomic E-state index is 0.0402. The second-order valence-electron chi connectivity index (χ2n) is 6.81. The van der Waals surface area contributed by atoms with Crippen molar-refractivity contribution in [2.45, 2.75) is 6.42 Å². The Morgan fingerprint density at radius 3 is 2.35 bits per heavy atom. The number of aliphatic carboxylic acids is 1. The van der Waals surface area contributed by atoms with Gasteiger partial charge in [0, 0.05) is 12.7 Å². The van der Waals surface area contributed by atoms with Gasteiger partial charge in [0.2, 0.25) is 0 Å². The Morgan fingerprint density at radius 2 is 1.65 bits per heavy atom. The highest BCUT2D eigenvalue weighted by Crippen LogP contribution is 2.19. The van der Waals surface area contributed by atoms with Crippen molar-refractivity contribution < 1.29 is 24.2 Å². The number of oxime groups is 1. The number of carboxylic acids is 1. The van der Waals surface area contributed by atoms with Crippen molar-refractivity contribution in [2.24, 2.45) is 5.16 Å². The first-order valence-corrected chi connectivity index (χ1v) is 9.93. The summed E-state index contributed by atoms with van der Waals surface area (Å²) in [6.45, 7) is 0.856. The maximum Gasteiger partial charge on any atom is 0.307 e. The molecule has 0 radical (unpaired) electrons. The fourth-order valence-corrected chi connectivity index (χ4v) is 3.02. The largest absolute Gasteiger partial charge is 0.490 e. The fraction of sp³-hybridized carbons (Fsp3) is 0.200. The van der Waals surface area contributed by atoms with Crippen LogP contribution in [-0.4, -0.2) is 43.7 Å². The van der Waals surface area contributed by atoms with E-state index < -0.39 is 5.97 Å². The molecule has 3 aromatic carbocycles. The summed E-state index contributed by atoms with van der Waals surface area (Å²) < 4.78 is 10.9. The summed E-state index contributed by atoms with van der Waals surface area (Å²) >= 11 is 0. The molecule has 0 heterocycles. The molecule has 0 saturated heterocycles. The fourth-order valence-electron chi connectivity index (χ4n) is 3.02. The monoisotopic (exact) mass is 419 g/mol. The molecular formula is C25H25NO5. The van der Waals surface area contributed by atoms with Crippen LogP contribution in [0.1, 0.15) is 11.1 Å². The first-order chi connectivity index (χ1) is 15.2. The third-order valence-electron chi connectivity index (χ3n) is 4.48. The zero-order valence-electron chi connectivity index (χ0n) is 17.4. The van der Waals surface area contributed by atoms with E-state index in [-0.39, 0.29) is 19.6 Å². The average Bonchev–Trinajstić information content (AvgIpc) is 2.79. The maximum absolute atomic E-state index is 10.8. The van der Waals surface area contributed by atoms with Crippen LogP contribution in [0, 0.1) is 0 Å². The Morgan fingerprint density at radius 1 is 0.903 bits per heavy atom. The van der Waals surface area contributed by atoms with Crippen LogP contribution in [0.25, 0.3) is 11.1 Å². The van der Waals surface area contributed by atoms with Gasteiger partial charge in [-0.05, 0) is 28.8 Å². The van der Waals surface area contributed by atoms with Crippen molar-refractivity contribution in [1.82, 2.24) is 0 Å². The molecule has 6 heteroatoms. The third-order valence-corrected chi connectivity index (χ3v) is 4.48. The molecule has 6 nitrogen and oxygen atoms in total. The molecular weight excluding hydrogens is 394 g/mol. The summed E-state index contributed by atoms with van der Waals surface area (Å²) in [5.41, 5.74) is 4.57. The number of hydrogen-bond acceptors (Lipinski definition) is 5. The molecule has 3 aromatic rings. The van der Waals surface area contributed by atoms with Crippen LogP contribution >= 0.6 is 0 Å². The maximum atomic E-state index is 10.8. The van der Waals surface area contributed by atoms with Crippen LogP contribution < -0.4 is 4.74 Å². The molecule has 0 saturated carbocycles. The van der Waals surface area contributed by atoms with E-state index in [0.717, 1.165) is 16.7 Å². The highest BCUT2D eigenvalue weighted by Gasteiger charge is 2.06. The molecule has 0 spiro atoms. The highest BCUT2D eigenvalue weighted by molar-refractivity contribution is 6.01. The van der Waals surface area contributed by atoms with Crippen molar-refractivity contribution in [3.8, 4) is 16.9 Å². The molecule has 1 N–H and O–H groups in total. The second-order valence-corrected chi connectivity index (χ2v) is 6.81. The second kappa shape index (κ2) is 11.5. The minimum atomic E-state index is -0.878. The predicted octanol–water partition coefficient (Wildman–Crippen LogP) is 4.43. The molecule has 0 aromatic heterocycles. The van der Waals surface area contributed by atoms with Gasteiger partial charge in [-0.25, -0.2) is 0 Å². The minimum Gasteiger partial charge on any atom is -0.490 e. The number of benzene rings is 3. The van der Waals surface area contributed by atoms with Crippen LogP contribution in [0.2, 0.25) is 0 Å². The van der Waals surface area contributed by atoms with Gasteiger partial charge in [0.1, 0.15) is 18.1 Å². The number of ether oxygens (including phenoxy) is 2. The molecule has 160 valence electrons. The van der Waals surface area contributed by atoms with Crippen molar-refractivity contribution >= 4 is 11.7 Å². The highest BCUT2D eigenvalue weighted by atomic mass is 16.6. The topological polar surface area (TPSA) is 77.3 Å². The van der Waals surface area contributed by atoms with Crippen molar-refractivity contribution in [3.05, 3.63) is 90.0 Å². The van der Waals surface area contributed by atoms with Gasteiger partial charge in [-0.2, -0.15) is 0 Å². The molecule has 0 amide bonds. The lowest BCUT2D eigenvalue weighted by molar-refractivity contribution is -0.136.